The molecule has 0 spiro atoms. The first kappa shape index (κ1) is 13.8. The van der Waals surface area contributed by atoms with Gasteiger partial charge in [-0.15, -0.1) is 0 Å². The Morgan fingerprint density at radius 1 is 1.38 bits per heavy atom. The molecule has 0 saturated carbocycles. The molecule has 1 amide bonds. The van der Waals surface area contributed by atoms with Crippen LogP contribution in [0.5, 0.6) is 0 Å². The molecule has 3 nitrogen and oxygen atoms in total. The maximum absolute atomic E-state index is 11.9. The summed E-state index contributed by atoms with van der Waals surface area (Å²) in [6.07, 6.45) is 6.89. The van der Waals surface area contributed by atoms with Crippen LogP contribution in [0.15, 0.2) is 0 Å². The monoisotopic (exact) mass is 244 g/mol. The molecule has 1 rings (SSSR count). The fourth-order valence-electron chi connectivity index (χ4n) is 2.15. The van der Waals surface area contributed by atoms with E-state index < -0.39 is 0 Å². The summed E-state index contributed by atoms with van der Waals surface area (Å²) in [6, 6.07) is 0.0567. The Balaban J connectivity index is 2.23. The lowest BCUT2D eigenvalue weighted by molar-refractivity contribution is -0.129. The van der Waals surface area contributed by atoms with Crippen LogP contribution in [-0.2, 0) is 4.79 Å². The molecular formula is C12H24N2OS. The van der Waals surface area contributed by atoms with Crippen LogP contribution in [0.3, 0.4) is 0 Å². The molecule has 4 heteroatoms. The molecule has 0 bridgehead atoms. The number of nitrogens with zero attached hydrogens (tertiary/aromatic N) is 1. The first-order valence-corrected chi connectivity index (χ1v) is 7.65. The molecule has 1 aliphatic heterocycles. The lowest BCUT2D eigenvalue weighted by atomic mass is 10.2. The van der Waals surface area contributed by atoms with Gasteiger partial charge in [-0.1, -0.05) is 13.3 Å². The molecule has 1 N–H and O–H groups in total. The van der Waals surface area contributed by atoms with Crippen molar-refractivity contribution >= 4 is 17.7 Å². The van der Waals surface area contributed by atoms with Crippen molar-refractivity contribution in [2.75, 3.05) is 18.6 Å². The molecule has 2 unspecified atom stereocenters. The predicted octanol–water partition coefficient (Wildman–Crippen LogP) is 2.08. The van der Waals surface area contributed by atoms with Gasteiger partial charge in [-0.25, -0.2) is 0 Å². The van der Waals surface area contributed by atoms with Crippen LogP contribution < -0.4 is 5.32 Å². The standard InChI is InChI=1S/C12H24N2OS/c1-4-11-12(15)14(10(2)13-11)8-6-5-7-9-16-3/h10-11,13H,4-9H2,1-3H3. The summed E-state index contributed by atoms with van der Waals surface area (Å²) in [7, 11) is 0. The fourth-order valence-corrected chi connectivity index (χ4v) is 2.64. The normalized spacial score (nSPS) is 25.4. The minimum Gasteiger partial charge on any atom is -0.326 e. The molecule has 0 aromatic rings. The van der Waals surface area contributed by atoms with Crippen molar-refractivity contribution in [1.29, 1.82) is 0 Å². The van der Waals surface area contributed by atoms with Gasteiger partial charge in [0.15, 0.2) is 0 Å². The summed E-state index contributed by atoms with van der Waals surface area (Å²) in [6.45, 7) is 5.05. The number of thioether (sulfide) groups is 1. The molecule has 1 aliphatic rings. The molecule has 94 valence electrons. The number of nitrogens with one attached hydrogen (secondary N) is 1. The molecule has 1 heterocycles. The number of rotatable bonds is 7. The van der Waals surface area contributed by atoms with Crippen molar-refractivity contribution in [2.24, 2.45) is 0 Å². The molecule has 0 aliphatic carbocycles. The van der Waals surface area contributed by atoms with Gasteiger partial charge in [-0.05, 0) is 38.2 Å². The second-order valence-electron chi connectivity index (χ2n) is 4.39. The fraction of sp³-hybridized carbons (Fsp3) is 0.917. The van der Waals surface area contributed by atoms with E-state index in [1.807, 2.05) is 16.7 Å². The molecular weight excluding hydrogens is 220 g/mol. The van der Waals surface area contributed by atoms with E-state index in [0.717, 1.165) is 19.4 Å². The lowest BCUT2D eigenvalue weighted by Crippen LogP contribution is -2.35. The van der Waals surface area contributed by atoms with Gasteiger partial charge in [-0.2, -0.15) is 11.8 Å². The van der Waals surface area contributed by atoms with Crippen molar-refractivity contribution in [1.82, 2.24) is 10.2 Å². The van der Waals surface area contributed by atoms with Gasteiger partial charge in [0, 0.05) is 6.54 Å². The number of hydrogen-bond donors (Lipinski definition) is 1. The van der Waals surface area contributed by atoms with E-state index in [4.69, 9.17) is 0 Å². The molecule has 1 fully saturated rings. The van der Waals surface area contributed by atoms with Crippen molar-refractivity contribution in [3.05, 3.63) is 0 Å². The minimum absolute atomic E-state index is 0.0567. The smallest absolute Gasteiger partial charge is 0.240 e. The summed E-state index contributed by atoms with van der Waals surface area (Å²) in [4.78, 5) is 13.9. The minimum atomic E-state index is 0.0567. The van der Waals surface area contributed by atoms with Gasteiger partial charge < -0.3 is 4.90 Å². The molecule has 1 saturated heterocycles. The Kier molecular flexibility index (Phi) is 6.21. The van der Waals surface area contributed by atoms with Crippen LogP contribution in [0.4, 0.5) is 0 Å². The second kappa shape index (κ2) is 7.17. The van der Waals surface area contributed by atoms with Crippen LogP contribution in [0.2, 0.25) is 0 Å². The summed E-state index contributed by atoms with van der Waals surface area (Å²) >= 11 is 1.90. The Labute approximate surface area is 103 Å². The SMILES string of the molecule is CCC1NC(C)N(CCCCCSC)C1=O. The predicted molar refractivity (Wildman–Crippen MR) is 70.6 cm³/mol. The van der Waals surface area contributed by atoms with E-state index in [1.54, 1.807) is 0 Å². The van der Waals surface area contributed by atoms with Gasteiger partial charge >= 0.3 is 0 Å². The van der Waals surface area contributed by atoms with E-state index in [0.29, 0.717) is 5.91 Å². The highest BCUT2D eigenvalue weighted by Gasteiger charge is 2.34. The maximum atomic E-state index is 11.9. The van der Waals surface area contributed by atoms with E-state index in [2.05, 4.69) is 25.4 Å². The zero-order valence-corrected chi connectivity index (χ0v) is 11.5. The zero-order valence-electron chi connectivity index (χ0n) is 10.7. The van der Waals surface area contributed by atoms with Gasteiger partial charge in [0.05, 0.1) is 12.2 Å². The Morgan fingerprint density at radius 2 is 2.12 bits per heavy atom. The van der Waals surface area contributed by atoms with Crippen LogP contribution >= 0.6 is 11.8 Å². The maximum Gasteiger partial charge on any atom is 0.240 e. The zero-order chi connectivity index (χ0) is 12.0. The first-order chi connectivity index (χ1) is 7.70. The van der Waals surface area contributed by atoms with E-state index in [-0.39, 0.29) is 12.2 Å². The molecule has 16 heavy (non-hydrogen) atoms. The largest absolute Gasteiger partial charge is 0.326 e. The quantitative estimate of drug-likeness (QED) is 0.696. The topological polar surface area (TPSA) is 32.3 Å². The number of carbonyl (C=O) groups excluding carboxylic acids is 1. The highest BCUT2D eigenvalue weighted by Crippen LogP contribution is 2.14. The van der Waals surface area contributed by atoms with Crippen LogP contribution in [-0.4, -0.2) is 41.6 Å². The summed E-state index contributed by atoms with van der Waals surface area (Å²) in [5.41, 5.74) is 0. The van der Waals surface area contributed by atoms with E-state index in [1.165, 1.54) is 18.6 Å². The number of hydrogen-bond acceptors (Lipinski definition) is 3. The van der Waals surface area contributed by atoms with E-state index in [9.17, 15) is 4.79 Å². The molecule has 0 aromatic heterocycles. The molecule has 2 atom stereocenters. The third-order valence-electron chi connectivity index (χ3n) is 3.15. The van der Waals surface area contributed by atoms with Crippen molar-refractivity contribution in [3.8, 4) is 0 Å². The Bertz CT molecular complexity index is 223. The average Bonchev–Trinajstić information content (AvgIpc) is 2.55. The number of carbonyl (C=O) groups is 1. The van der Waals surface area contributed by atoms with Gasteiger partial charge in [0.2, 0.25) is 5.91 Å². The van der Waals surface area contributed by atoms with Crippen LogP contribution in [0, 0.1) is 0 Å². The number of amides is 1. The summed E-state index contributed by atoms with van der Waals surface area (Å²) in [5.74, 6) is 1.53. The second-order valence-corrected chi connectivity index (χ2v) is 5.37. The summed E-state index contributed by atoms with van der Waals surface area (Å²) < 4.78 is 0. The third-order valence-corrected chi connectivity index (χ3v) is 3.84. The highest BCUT2D eigenvalue weighted by atomic mass is 32.2. The van der Waals surface area contributed by atoms with Gasteiger partial charge in [0.1, 0.15) is 0 Å². The third kappa shape index (κ3) is 3.67. The van der Waals surface area contributed by atoms with Crippen LogP contribution in [0.25, 0.3) is 0 Å². The molecule has 0 radical (unpaired) electrons. The first-order valence-electron chi connectivity index (χ1n) is 6.26. The molecule has 0 aromatic carbocycles. The highest BCUT2D eigenvalue weighted by molar-refractivity contribution is 7.98. The van der Waals surface area contributed by atoms with E-state index >= 15 is 0 Å². The van der Waals surface area contributed by atoms with Crippen molar-refractivity contribution in [3.63, 3.8) is 0 Å². The number of unbranched alkanes of at least 4 members (excludes halogenated alkanes) is 2. The van der Waals surface area contributed by atoms with Crippen molar-refractivity contribution in [2.45, 2.75) is 51.7 Å². The average molecular weight is 244 g/mol. The lowest BCUT2D eigenvalue weighted by Gasteiger charge is -2.20. The van der Waals surface area contributed by atoms with Crippen LogP contribution in [0.1, 0.15) is 39.5 Å². The Hall–Kier alpha value is -0.220. The van der Waals surface area contributed by atoms with Crippen molar-refractivity contribution < 1.29 is 4.79 Å². The van der Waals surface area contributed by atoms with Gasteiger partial charge in [-0.3, -0.25) is 10.1 Å². The van der Waals surface area contributed by atoms with Gasteiger partial charge in [0.25, 0.3) is 0 Å². The summed E-state index contributed by atoms with van der Waals surface area (Å²) in [5, 5.41) is 3.33. The Morgan fingerprint density at radius 3 is 2.69 bits per heavy atom.